The monoisotopic (exact) mass is 350 g/mol. The van der Waals surface area contributed by atoms with Crippen molar-refractivity contribution in [2.24, 2.45) is 0 Å². The van der Waals surface area contributed by atoms with Crippen LogP contribution in [0, 0.1) is 6.92 Å². The smallest absolute Gasteiger partial charge is 0.275 e. The van der Waals surface area contributed by atoms with Gasteiger partial charge in [0.15, 0.2) is 10.8 Å². The fourth-order valence-corrected chi connectivity index (χ4v) is 3.36. The number of anilines is 1. The van der Waals surface area contributed by atoms with E-state index in [-0.39, 0.29) is 5.91 Å². The molecule has 0 spiro atoms. The number of nitrogens with zero attached hydrogens (tertiary/aromatic N) is 3. The van der Waals surface area contributed by atoms with Gasteiger partial charge in [-0.1, -0.05) is 12.1 Å². The van der Waals surface area contributed by atoms with Crippen molar-refractivity contribution in [3.63, 3.8) is 0 Å². The zero-order valence-corrected chi connectivity index (χ0v) is 14.2. The summed E-state index contributed by atoms with van der Waals surface area (Å²) in [6, 6.07) is 13.0. The molecule has 0 aliphatic carbocycles. The van der Waals surface area contributed by atoms with Gasteiger partial charge in [0, 0.05) is 17.3 Å². The quantitative estimate of drug-likeness (QED) is 0.600. The summed E-state index contributed by atoms with van der Waals surface area (Å²) in [6.07, 6.45) is 5.11. The minimum absolute atomic E-state index is 0.258. The number of hydrogen-bond donors (Lipinski definition) is 1. The van der Waals surface area contributed by atoms with Crippen LogP contribution in [0.25, 0.3) is 16.5 Å². The second-order valence-corrected chi connectivity index (χ2v) is 6.53. The van der Waals surface area contributed by atoms with Gasteiger partial charge in [-0.25, -0.2) is 9.67 Å². The number of carbonyl (C=O) groups excluding carboxylic acids is 1. The van der Waals surface area contributed by atoms with E-state index >= 15 is 0 Å². The Balaban J connectivity index is 1.64. The minimum Gasteiger partial charge on any atom is -0.462 e. The number of nitrogens with one attached hydrogen (secondary N) is 1. The lowest BCUT2D eigenvalue weighted by Gasteiger charge is -2.10. The maximum absolute atomic E-state index is 12.7. The summed E-state index contributed by atoms with van der Waals surface area (Å²) in [4.78, 5) is 18.0. The molecule has 0 aliphatic rings. The third-order valence-electron chi connectivity index (χ3n) is 3.65. The molecule has 6 nitrogen and oxygen atoms in total. The van der Waals surface area contributed by atoms with Crippen LogP contribution in [0.2, 0.25) is 0 Å². The van der Waals surface area contributed by atoms with Gasteiger partial charge in [-0.2, -0.15) is 5.10 Å². The van der Waals surface area contributed by atoms with Crippen molar-refractivity contribution in [3.05, 3.63) is 71.7 Å². The van der Waals surface area contributed by atoms with E-state index in [9.17, 15) is 4.79 Å². The fourth-order valence-electron chi connectivity index (χ4n) is 2.48. The van der Waals surface area contributed by atoms with E-state index in [0.29, 0.717) is 22.1 Å². The lowest BCUT2D eigenvalue weighted by Crippen LogP contribution is -2.15. The Hall–Kier alpha value is -3.19. The number of hydrogen-bond acceptors (Lipinski definition) is 5. The van der Waals surface area contributed by atoms with Crippen LogP contribution in [-0.4, -0.2) is 20.7 Å². The molecule has 3 heterocycles. The van der Waals surface area contributed by atoms with Gasteiger partial charge in [-0.3, -0.25) is 4.79 Å². The number of rotatable bonds is 4. The van der Waals surface area contributed by atoms with Gasteiger partial charge < -0.3 is 9.73 Å². The van der Waals surface area contributed by atoms with E-state index in [4.69, 9.17) is 4.42 Å². The van der Waals surface area contributed by atoms with Gasteiger partial charge in [0.1, 0.15) is 5.69 Å². The highest BCUT2D eigenvalue weighted by atomic mass is 32.1. The minimum atomic E-state index is -0.258. The number of aromatic nitrogens is 3. The topological polar surface area (TPSA) is 73.0 Å². The number of amides is 1. The molecule has 4 rings (SSSR count). The van der Waals surface area contributed by atoms with Crippen LogP contribution in [0.1, 0.15) is 15.4 Å². The first kappa shape index (κ1) is 15.3. The summed E-state index contributed by atoms with van der Waals surface area (Å²) in [5, 5.41) is 7.84. The summed E-state index contributed by atoms with van der Waals surface area (Å²) >= 11 is 1.43. The van der Waals surface area contributed by atoms with Crippen LogP contribution in [0.4, 0.5) is 5.69 Å². The van der Waals surface area contributed by atoms with Crippen LogP contribution < -0.4 is 5.32 Å². The van der Waals surface area contributed by atoms with Gasteiger partial charge in [-0.05, 0) is 37.3 Å². The molecule has 0 saturated carbocycles. The maximum atomic E-state index is 12.7. The lowest BCUT2D eigenvalue weighted by atomic mass is 10.2. The van der Waals surface area contributed by atoms with Gasteiger partial charge in [0.05, 0.1) is 17.6 Å². The third-order valence-corrected chi connectivity index (χ3v) is 4.63. The summed E-state index contributed by atoms with van der Waals surface area (Å²) in [5.74, 6) is 0.398. The van der Waals surface area contributed by atoms with Crippen molar-refractivity contribution in [2.75, 3.05) is 5.32 Å². The van der Waals surface area contributed by atoms with Crippen molar-refractivity contribution in [1.29, 1.82) is 0 Å². The lowest BCUT2D eigenvalue weighted by molar-refractivity contribution is 0.102. The summed E-state index contributed by atoms with van der Waals surface area (Å²) in [5.41, 5.74) is 1.86. The standard InChI is InChI=1S/C18H14N4O2S/c1-12-16(21-18(25-12)15-8-4-11-24-15)17(23)20-13-6-2-3-7-14(13)22-10-5-9-19-22/h2-11H,1H3,(H,20,23). The number of carbonyl (C=O) groups is 1. The molecule has 1 aromatic carbocycles. The Morgan fingerprint density at radius 1 is 1.20 bits per heavy atom. The van der Waals surface area contributed by atoms with Gasteiger partial charge in [0.25, 0.3) is 5.91 Å². The first-order valence-corrected chi connectivity index (χ1v) is 8.46. The highest BCUT2D eigenvalue weighted by Crippen LogP contribution is 2.29. The molecule has 0 radical (unpaired) electrons. The molecule has 0 saturated heterocycles. The second-order valence-electron chi connectivity index (χ2n) is 5.32. The molecule has 1 amide bonds. The molecular weight excluding hydrogens is 336 g/mol. The highest BCUT2D eigenvalue weighted by molar-refractivity contribution is 7.15. The molecule has 3 aromatic heterocycles. The van der Waals surface area contributed by atoms with E-state index in [1.807, 2.05) is 49.5 Å². The number of furan rings is 1. The number of thiazole rings is 1. The van der Waals surface area contributed by atoms with E-state index in [0.717, 1.165) is 10.6 Å². The fraction of sp³-hybridized carbons (Fsp3) is 0.0556. The molecule has 0 bridgehead atoms. The van der Waals surface area contributed by atoms with Crippen LogP contribution in [0.3, 0.4) is 0 Å². The Kier molecular flexibility index (Phi) is 3.91. The first-order valence-electron chi connectivity index (χ1n) is 7.64. The molecule has 7 heteroatoms. The summed E-state index contributed by atoms with van der Waals surface area (Å²) < 4.78 is 7.06. The predicted molar refractivity (Wildman–Crippen MR) is 96.1 cm³/mol. The molecule has 0 aliphatic heterocycles. The molecule has 25 heavy (non-hydrogen) atoms. The molecule has 0 fully saturated rings. The van der Waals surface area contributed by atoms with Crippen molar-refractivity contribution >= 4 is 22.9 Å². The summed E-state index contributed by atoms with van der Waals surface area (Å²) in [7, 11) is 0. The first-order chi connectivity index (χ1) is 12.2. The Labute approximate surface area is 147 Å². The van der Waals surface area contributed by atoms with Crippen molar-refractivity contribution in [2.45, 2.75) is 6.92 Å². The average Bonchev–Trinajstić information content (AvgIpc) is 3.37. The molecule has 4 aromatic rings. The zero-order valence-electron chi connectivity index (χ0n) is 13.3. The van der Waals surface area contributed by atoms with Crippen LogP contribution in [0.15, 0.2) is 65.5 Å². The van der Waals surface area contributed by atoms with E-state index in [1.54, 1.807) is 23.2 Å². The largest absolute Gasteiger partial charge is 0.462 e. The number of para-hydroxylation sites is 2. The van der Waals surface area contributed by atoms with Crippen molar-refractivity contribution in [3.8, 4) is 16.5 Å². The average molecular weight is 350 g/mol. The molecule has 124 valence electrons. The molecular formula is C18H14N4O2S. The SMILES string of the molecule is Cc1sc(-c2ccco2)nc1C(=O)Nc1ccccc1-n1cccn1. The van der Waals surface area contributed by atoms with E-state index < -0.39 is 0 Å². The Bertz CT molecular complexity index is 1000. The van der Waals surface area contributed by atoms with Gasteiger partial charge in [0.2, 0.25) is 0 Å². The number of benzene rings is 1. The maximum Gasteiger partial charge on any atom is 0.275 e. The zero-order chi connectivity index (χ0) is 17.2. The third kappa shape index (κ3) is 2.97. The molecule has 0 unspecified atom stereocenters. The summed E-state index contributed by atoms with van der Waals surface area (Å²) in [6.45, 7) is 1.87. The second kappa shape index (κ2) is 6.37. The van der Waals surface area contributed by atoms with Crippen LogP contribution >= 0.6 is 11.3 Å². The Morgan fingerprint density at radius 3 is 2.84 bits per heavy atom. The van der Waals surface area contributed by atoms with Crippen molar-refractivity contribution in [1.82, 2.24) is 14.8 Å². The van der Waals surface area contributed by atoms with Crippen LogP contribution in [0.5, 0.6) is 0 Å². The highest BCUT2D eigenvalue weighted by Gasteiger charge is 2.18. The molecule has 1 N–H and O–H groups in total. The van der Waals surface area contributed by atoms with E-state index in [1.165, 1.54) is 11.3 Å². The van der Waals surface area contributed by atoms with Gasteiger partial charge in [-0.15, -0.1) is 11.3 Å². The predicted octanol–water partition coefficient (Wildman–Crippen LogP) is 4.15. The van der Waals surface area contributed by atoms with Crippen LogP contribution in [-0.2, 0) is 0 Å². The molecule has 0 atom stereocenters. The normalized spacial score (nSPS) is 10.8. The number of aryl methyl sites for hydroxylation is 1. The van der Waals surface area contributed by atoms with Crippen molar-refractivity contribution < 1.29 is 9.21 Å². The van der Waals surface area contributed by atoms with E-state index in [2.05, 4.69) is 15.4 Å². The van der Waals surface area contributed by atoms with Gasteiger partial charge >= 0.3 is 0 Å². The Morgan fingerprint density at radius 2 is 2.08 bits per heavy atom.